The van der Waals surface area contributed by atoms with Gasteiger partial charge in [0.1, 0.15) is 5.75 Å². The lowest BCUT2D eigenvalue weighted by atomic mass is 9.83. The molecule has 2 fully saturated rings. The normalized spacial score (nSPS) is 20.7. The molecule has 7 heteroatoms. The van der Waals surface area contributed by atoms with Crippen LogP contribution in [0.15, 0.2) is 29.3 Å². The fraction of sp³-hybridized carbons (Fsp3) is 0.696. The maximum Gasteiger partial charge on any atom is 0.191 e. The summed E-state index contributed by atoms with van der Waals surface area (Å²) in [4.78, 5) is 6.90. The Balaban J connectivity index is 0.00000320. The van der Waals surface area contributed by atoms with E-state index in [1.807, 2.05) is 13.1 Å². The van der Waals surface area contributed by atoms with Gasteiger partial charge in [-0.15, -0.1) is 24.0 Å². The summed E-state index contributed by atoms with van der Waals surface area (Å²) in [7, 11) is 5.38. The maximum atomic E-state index is 5.37. The van der Waals surface area contributed by atoms with Crippen molar-refractivity contribution in [3.05, 3.63) is 24.3 Å². The van der Waals surface area contributed by atoms with Gasteiger partial charge in [0.2, 0.25) is 0 Å². The molecular formula is C23H39IN4O2. The van der Waals surface area contributed by atoms with E-state index in [4.69, 9.17) is 9.47 Å². The van der Waals surface area contributed by atoms with Crippen LogP contribution in [-0.4, -0.2) is 60.0 Å². The quantitative estimate of drug-likeness (QED) is 0.288. The average molecular weight is 530 g/mol. The standard InChI is InChI=1S/C23H38N4O2.HI/c1-24-22(26-18-23(12-14-28-2)10-4-5-11-23)25-16-19-9-13-27(17-19)20-7-6-8-21(15-20)29-3;/h6-8,15,19H,4-5,9-14,16-18H2,1-3H3,(H2,24,25,26);1H. The zero-order chi connectivity index (χ0) is 20.5. The van der Waals surface area contributed by atoms with E-state index in [1.54, 1.807) is 14.2 Å². The minimum absolute atomic E-state index is 0. The van der Waals surface area contributed by atoms with E-state index in [-0.39, 0.29) is 24.0 Å². The molecule has 1 saturated heterocycles. The number of rotatable bonds is 9. The predicted octanol–water partition coefficient (Wildman–Crippen LogP) is 3.90. The number of halogens is 1. The summed E-state index contributed by atoms with van der Waals surface area (Å²) in [6.45, 7) is 4.93. The number of anilines is 1. The Kier molecular flexibility index (Phi) is 10.5. The number of aliphatic imine (C=N–C) groups is 1. The van der Waals surface area contributed by atoms with Gasteiger partial charge in [0.25, 0.3) is 0 Å². The fourth-order valence-corrected chi connectivity index (χ4v) is 4.73. The topological polar surface area (TPSA) is 58.1 Å². The largest absolute Gasteiger partial charge is 0.497 e. The molecule has 0 bridgehead atoms. The van der Waals surface area contributed by atoms with Gasteiger partial charge in [-0.3, -0.25) is 4.99 Å². The Bertz CT molecular complexity index is 664. The van der Waals surface area contributed by atoms with Gasteiger partial charge in [-0.2, -0.15) is 0 Å². The Morgan fingerprint density at radius 1 is 1.23 bits per heavy atom. The highest BCUT2D eigenvalue weighted by molar-refractivity contribution is 14.0. The van der Waals surface area contributed by atoms with Crippen LogP contribution in [0.2, 0.25) is 0 Å². The Morgan fingerprint density at radius 2 is 2.03 bits per heavy atom. The molecule has 0 spiro atoms. The molecule has 1 saturated carbocycles. The van der Waals surface area contributed by atoms with Crippen molar-refractivity contribution in [3.8, 4) is 5.75 Å². The molecule has 1 aliphatic heterocycles. The van der Waals surface area contributed by atoms with Crippen molar-refractivity contribution >= 4 is 35.6 Å². The molecule has 1 unspecified atom stereocenters. The zero-order valence-electron chi connectivity index (χ0n) is 18.8. The van der Waals surface area contributed by atoms with Gasteiger partial charge < -0.3 is 25.0 Å². The molecule has 1 aromatic carbocycles. The third-order valence-corrected chi connectivity index (χ3v) is 6.62. The van der Waals surface area contributed by atoms with Gasteiger partial charge in [0, 0.05) is 58.7 Å². The number of hydrogen-bond acceptors (Lipinski definition) is 4. The summed E-state index contributed by atoms with van der Waals surface area (Å²) in [5.74, 6) is 2.46. The van der Waals surface area contributed by atoms with Crippen LogP contribution in [0, 0.1) is 11.3 Å². The van der Waals surface area contributed by atoms with Crippen molar-refractivity contribution in [1.82, 2.24) is 10.6 Å². The minimum Gasteiger partial charge on any atom is -0.497 e. The van der Waals surface area contributed by atoms with Crippen molar-refractivity contribution in [2.24, 2.45) is 16.3 Å². The van der Waals surface area contributed by atoms with Crippen LogP contribution in [0.1, 0.15) is 38.5 Å². The van der Waals surface area contributed by atoms with Crippen LogP contribution in [0.3, 0.4) is 0 Å². The number of nitrogens with zero attached hydrogens (tertiary/aromatic N) is 2. The number of nitrogens with one attached hydrogen (secondary N) is 2. The zero-order valence-corrected chi connectivity index (χ0v) is 21.1. The van der Waals surface area contributed by atoms with Crippen molar-refractivity contribution < 1.29 is 9.47 Å². The van der Waals surface area contributed by atoms with Gasteiger partial charge >= 0.3 is 0 Å². The number of benzene rings is 1. The molecule has 2 N–H and O–H groups in total. The Hall–Kier alpha value is -1.22. The Morgan fingerprint density at radius 3 is 2.73 bits per heavy atom. The maximum absolute atomic E-state index is 5.37. The predicted molar refractivity (Wildman–Crippen MR) is 135 cm³/mol. The van der Waals surface area contributed by atoms with Gasteiger partial charge in [0.05, 0.1) is 7.11 Å². The molecule has 3 rings (SSSR count). The van der Waals surface area contributed by atoms with E-state index in [2.05, 4.69) is 38.7 Å². The van der Waals surface area contributed by atoms with Gasteiger partial charge in [-0.05, 0) is 49.1 Å². The number of guanidine groups is 1. The van der Waals surface area contributed by atoms with Gasteiger partial charge in [-0.1, -0.05) is 18.9 Å². The smallest absolute Gasteiger partial charge is 0.191 e. The van der Waals surface area contributed by atoms with E-state index in [1.165, 1.54) is 37.8 Å². The molecule has 1 atom stereocenters. The minimum atomic E-state index is 0. The van der Waals surface area contributed by atoms with Crippen molar-refractivity contribution in [2.45, 2.75) is 38.5 Å². The lowest BCUT2D eigenvalue weighted by Crippen LogP contribution is -2.45. The monoisotopic (exact) mass is 530 g/mol. The van der Waals surface area contributed by atoms with Gasteiger partial charge in [0.15, 0.2) is 5.96 Å². The van der Waals surface area contributed by atoms with E-state index in [0.717, 1.165) is 50.9 Å². The molecule has 1 aliphatic carbocycles. The van der Waals surface area contributed by atoms with Crippen LogP contribution in [0.5, 0.6) is 5.75 Å². The first-order valence-corrected chi connectivity index (χ1v) is 11.0. The third kappa shape index (κ3) is 6.90. The average Bonchev–Trinajstić information content (AvgIpc) is 3.43. The molecular weight excluding hydrogens is 491 g/mol. The molecule has 170 valence electrons. The third-order valence-electron chi connectivity index (χ3n) is 6.62. The summed E-state index contributed by atoms with van der Waals surface area (Å²) in [6, 6.07) is 8.35. The van der Waals surface area contributed by atoms with Crippen LogP contribution in [0.4, 0.5) is 5.69 Å². The first-order valence-electron chi connectivity index (χ1n) is 11.0. The fourth-order valence-electron chi connectivity index (χ4n) is 4.73. The molecule has 2 aliphatic rings. The van der Waals surface area contributed by atoms with Crippen LogP contribution >= 0.6 is 24.0 Å². The number of methoxy groups -OCH3 is 2. The summed E-state index contributed by atoms with van der Waals surface area (Å²) < 4.78 is 10.7. The molecule has 0 aromatic heterocycles. The second-order valence-electron chi connectivity index (χ2n) is 8.56. The van der Waals surface area contributed by atoms with Crippen LogP contribution in [0.25, 0.3) is 0 Å². The van der Waals surface area contributed by atoms with Crippen molar-refractivity contribution in [3.63, 3.8) is 0 Å². The molecule has 30 heavy (non-hydrogen) atoms. The second kappa shape index (κ2) is 12.6. The molecule has 1 heterocycles. The Labute approximate surface area is 199 Å². The lowest BCUT2D eigenvalue weighted by molar-refractivity contribution is 0.138. The summed E-state index contributed by atoms with van der Waals surface area (Å²) in [5.41, 5.74) is 1.61. The van der Waals surface area contributed by atoms with E-state index in [9.17, 15) is 0 Å². The second-order valence-corrected chi connectivity index (χ2v) is 8.56. The van der Waals surface area contributed by atoms with Gasteiger partial charge in [-0.25, -0.2) is 0 Å². The summed E-state index contributed by atoms with van der Waals surface area (Å²) >= 11 is 0. The molecule has 6 nitrogen and oxygen atoms in total. The van der Waals surface area contributed by atoms with Crippen molar-refractivity contribution in [1.29, 1.82) is 0 Å². The summed E-state index contributed by atoms with van der Waals surface area (Å²) in [5, 5.41) is 7.16. The van der Waals surface area contributed by atoms with Crippen LogP contribution < -0.4 is 20.3 Å². The highest BCUT2D eigenvalue weighted by Crippen LogP contribution is 2.40. The molecule has 0 radical (unpaired) electrons. The highest BCUT2D eigenvalue weighted by Gasteiger charge is 2.33. The number of ether oxygens (including phenoxy) is 2. The van der Waals surface area contributed by atoms with E-state index in [0.29, 0.717) is 11.3 Å². The lowest BCUT2D eigenvalue weighted by Gasteiger charge is -2.30. The first-order chi connectivity index (χ1) is 14.2. The number of hydrogen-bond donors (Lipinski definition) is 2. The van der Waals surface area contributed by atoms with Crippen molar-refractivity contribution in [2.75, 3.05) is 59.0 Å². The SMILES string of the molecule is CN=C(NCC1CCN(c2cccc(OC)c2)C1)NCC1(CCOC)CCCC1.I. The summed E-state index contributed by atoms with van der Waals surface area (Å²) in [6.07, 6.45) is 7.57. The van der Waals surface area contributed by atoms with E-state index < -0.39 is 0 Å². The first kappa shape index (κ1) is 25.0. The van der Waals surface area contributed by atoms with Crippen LogP contribution in [-0.2, 0) is 4.74 Å². The molecule has 0 amide bonds. The van der Waals surface area contributed by atoms with E-state index >= 15 is 0 Å². The molecule has 1 aromatic rings. The highest BCUT2D eigenvalue weighted by atomic mass is 127.